The number of carbonyl (C=O) groups is 1. The van der Waals surface area contributed by atoms with Gasteiger partial charge >= 0.3 is 5.97 Å². The van der Waals surface area contributed by atoms with Crippen LogP contribution in [0.15, 0.2) is 48.5 Å². The van der Waals surface area contributed by atoms with Gasteiger partial charge in [0, 0.05) is 10.7 Å². The van der Waals surface area contributed by atoms with Crippen LogP contribution >= 0.6 is 11.8 Å². The lowest BCUT2D eigenvalue weighted by Crippen LogP contribution is -2.32. The summed E-state index contributed by atoms with van der Waals surface area (Å²) in [5.74, 6) is 0.636. The first-order chi connectivity index (χ1) is 27.2. The quantitative estimate of drug-likeness (QED) is 0.0847. The second-order valence-electron chi connectivity index (χ2n) is 21.8. The molecule has 5 nitrogen and oxygen atoms in total. The number of hydrogen-bond donors (Lipinski definition) is 4. The lowest BCUT2D eigenvalue weighted by Gasteiger charge is -2.40. The van der Waals surface area contributed by atoms with Crippen LogP contribution in [0.5, 0.6) is 17.2 Å². The summed E-state index contributed by atoms with van der Waals surface area (Å²) in [5, 5.41) is 44.6. The lowest BCUT2D eigenvalue weighted by atomic mass is 9.66. The van der Waals surface area contributed by atoms with E-state index in [1.54, 1.807) is 23.9 Å². The highest BCUT2D eigenvalue weighted by atomic mass is 32.2. The van der Waals surface area contributed by atoms with Gasteiger partial charge in [-0.2, -0.15) is 11.8 Å². The summed E-state index contributed by atoms with van der Waals surface area (Å²) in [6.45, 7) is 29.9. The van der Waals surface area contributed by atoms with Crippen LogP contribution < -0.4 is 0 Å². The minimum Gasteiger partial charge on any atom is -0.508 e. The summed E-state index contributed by atoms with van der Waals surface area (Å²) in [5.41, 5.74) is 4.43. The Hall–Kier alpha value is -3.12. The predicted octanol–water partition coefficient (Wildman–Crippen LogP) is 15.0. The number of carboxylic acid groups (broad SMARTS) is 1. The molecule has 0 aromatic heterocycles. The highest BCUT2D eigenvalue weighted by molar-refractivity contribution is 7.99. The van der Waals surface area contributed by atoms with Gasteiger partial charge < -0.3 is 20.4 Å². The van der Waals surface area contributed by atoms with Crippen molar-refractivity contribution in [3.8, 4) is 17.2 Å². The van der Waals surface area contributed by atoms with Gasteiger partial charge in [0.2, 0.25) is 0 Å². The van der Waals surface area contributed by atoms with E-state index in [1.807, 2.05) is 12.1 Å². The zero-order valence-corrected chi connectivity index (χ0v) is 40.4. The average molecular weight is 831 g/mol. The molecular weight excluding hydrogens is 749 g/mol. The molecule has 3 rings (SSSR count). The maximum absolute atomic E-state index is 12.9. The third kappa shape index (κ3) is 14.0. The second-order valence-corrected chi connectivity index (χ2v) is 23.1. The second kappa shape index (κ2) is 20.6. The molecule has 0 fully saturated rings. The first-order valence-electron chi connectivity index (χ1n) is 22.6. The minimum atomic E-state index is -0.817. The molecule has 0 spiro atoms. The average Bonchev–Trinajstić information content (AvgIpc) is 3.10. The summed E-state index contributed by atoms with van der Waals surface area (Å²) < 4.78 is 0. The van der Waals surface area contributed by atoms with Crippen molar-refractivity contribution >= 4 is 17.7 Å². The van der Waals surface area contributed by atoms with E-state index >= 15 is 0 Å². The van der Waals surface area contributed by atoms with Crippen molar-refractivity contribution in [3.63, 3.8) is 0 Å². The number of phenols is 3. The molecule has 330 valence electrons. The van der Waals surface area contributed by atoms with E-state index in [0.717, 1.165) is 57.5 Å². The number of unbranched alkanes of at least 4 members (excludes halogenated alkanes) is 9. The topological polar surface area (TPSA) is 98.0 Å². The van der Waals surface area contributed by atoms with Crippen molar-refractivity contribution in [2.24, 2.45) is 0 Å². The predicted molar refractivity (Wildman–Crippen MR) is 253 cm³/mol. The Kier molecular flexibility index (Phi) is 17.6. The summed E-state index contributed by atoms with van der Waals surface area (Å²) in [6, 6.07) is 16.2. The number of aliphatic carboxylic acids is 1. The third-order valence-corrected chi connectivity index (χ3v) is 13.8. The van der Waals surface area contributed by atoms with Crippen LogP contribution in [-0.2, 0) is 31.9 Å². The minimum absolute atomic E-state index is 0.00535. The zero-order valence-electron chi connectivity index (χ0n) is 39.6. The highest BCUT2D eigenvalue weighted by Crippen LogP contribution is 2.50. The Morgan fingerprint density at radius 1 is 0.559 bits per heavy atom. The van der Waals surface area contributed by atoms with Crippen LogP contribution in [0.4, 0.5) is 0 Å². The van der Waals surface area contributed by atoms with Crippen molar-refractivity contribution in [2.45, 2.75) is 212 Å². The number of phenolic OH excluding ortho intramolecular Hbond substituents is 3. The molecule has 0 aliphatic carbocycles. The summed E-state index contributed by atoms with van der Waals surface area (Å²) >= 11 is 1.79. The van der Waals surface area contributed by atoms with Crippen LogP contribution in [0.25, 0.3) is 0 Å². The number of benzene rings is 3. The normalized spacial score (nSPS) is 14.1. The molecule has 59 heavy (non-hydrogen) atoms. The number of hydrogen-bond acceptors (Lipinski definition) is 5. The molecule has 0 bridgehead atoms. The third-order valence-electron chi connectivity index (χ3n) is 12.3. The fourth-order valence-corrected chi connectivity index (χ4v) is 10.0. The molecule has 0 heterocycles. The molecule has 3 aromatic carbocycles. The Labute approximate surface area is 364 Å². The van der Waals surface area contributed by atoms with E-state index in [2.05, 4.69) is 121 Å². The molecule has 0 saturated heterocycles. The number of carboxylic acids is 1. The Bertz CT molecular complexity index is 1710. The summed E-state index contributed by atoms with van der Waals surface area (Å²) in [4.78, 5) is 12.9. The van der Waals surface area contributed by atoms with Gasteiger partial charge in [-0.25, -0.2) is 0 Å². The molecule has 0 saturated carbocycles. The Morgan fingerprint density at radius 3 is 1.32 bits per heavy atom. The largest absolute Gasteiger partial charge is 0.508 e. The van der Waals surface area contributed by atoms with Gasteiger partial charge in [0.25, 0.3) is 0 Å². The monoisotopic (exact) mass is 831 g/mol. The molecule has 0 radical (unpaired) electrons. The van der Waals surface area contributed by atoms with Gasteiger partial charge in [0.15, 0.2) is 0 Å². The van der Waals surface area contributed by atoms with Crippen molar-refractivity contribution in [1.29, 1.82) is 0 Å². The van der Waals surface area contributed by atoms with Crippen LogP contribution in [-0.4, -0.2) is 37.4 Å². The van der Waals surface area contributed by atoms with E-state index in [4.69, 9.17) is 0 Å². The number of thioether (sulfide) groups is 1. The molecular formula is C53H82O5S. The molecule has 0 amide bonds. The number of aromatic hydroxyl groups is 3. The lowest BCUT2D eigenvalue weighted by molar-refractivity contribution is -0.137. The van der Waals surface area contributed by atoms with Crippen molar-refractivity contribution in [2.75, 3.05) is 5.75 Å². The maximum atomic E-state index is 12.9. The molecule has 2 atom stereocenters. The summed E-state index contributed by atoms with van der Waals surface area (Å²) in [7, 11) is 0. The van der Waals surface area contributed by atoms with E-state index in [9.17, 15) is 25.2 Å². The molecule has 3 aromatic rings. The first kappa shape index (κ1) is 50.2. The smallest absolute Gasteiger partial charge is 0.304 e. The molecule has 6 heteroatoms. The first-order valence-corrected chi connectivity index (χ1v) is 23.7. The molecule has 4 N–H and O–H groups in total. The molecule has 2 unspecified atom stereocenters. The van der Waals surface area contributed by atoms with Gasteiger partial charge in [-0.15, -0.1) is 0 Å². The summed E-state index contributed by atoms with van der Waals surface area (Å²) in [6.07, 6.45) is 13.1. The van der Waals surface area contributed by atoms with E-state index in [-0.39, 0.29) is 50.7 Å². The standard InChI is InChI=1S/C53H82O5S/c1-15-16-17-18-19-20-21-22-23-24-29-59-46(34-47(56)57)39(36-30-42(51(8,9)10)48(58)43(31-36)52(11,12)13)35-53(14,37-25-27-44(54)40(32-37)49(2,3)4)38-26-28-45(55)41(33-38)50(5,6)7/h25-28,30-33,39,46,54-55,58H,15-24,29,34-35H2,1-14H3,(H,56,57). The molecule has 0 aliphatic rings. The van der Waals surface area contributed by atoms with Crippen molar-refractivity contribution in [3.05, 3.63) is 87.5 Å². The zero-order chi connectivity index (χ0) is 44.6. The number of rotatable bonds is 20. The Morgan fingerprint density at radius 2 is 0.949 bits per heavy atom. The van der Waals surface area contributed by atoms with Crippen molar-refractivity contribution < 1.29 is 25.2 Å². The SMILES string of the molecule is CCCCCCCCCCCCSC(CC(=O)O)C(CC(C)(c1ccc(O)c(C(C)(C)C)c1)c1ccc(O)c(C(C)(C)C)c1)c1cc(C(C)(C)C)c(O)c(C(C)(C)C)c1. The maximum Gasteiger partial charge on any atom is 0.304 e. The van der Waals surface area contributed by atoms with Gasteiger partial charge in [-0.1, -0.05) is 191 Å². The fraction of sp³-hybridized carbons (Fsp3) is 0.642. The van der Waals surface area contributed by atoms with Gasteiger partial charge in [0.1, 0.15) is 17.2 Å². The van der Waals surface area contributed by atoms with E-state index in [1.165, 1.54) is 51.4 Å². The van der Waals surface area contributed by atoms with Crippen molar-refractivity contribution in [1.82, 2.24) is 0 Å². The van der Waals surface area contributed by atoms with Crippen LogP contribution in [0.3, 0.4) is 0 Å². The van der Waals surface area contributed by atoms with E-state index in [0.29, 0.717) is 12.2 Å². The van der Waals surface area contributed by atoms with Crippen LogP contribution in [0.1, 0.15) is 219 Å². The van der Waals surface area contributed by atoms with Gasteiger partial charge in [-0.05, 0) is 97.2 Å². The van der Waals surface area contributed by atoms with Crippen LogP contribution in [0, 0.1) is 0 Å². The Balaban J connectivity index is 2.29. The van der Waals surface area contributed by atoms with Gasteiger partial charge in [0.05, 0.1) is 6.42 Å². The fourth-order valence-electron chi connectivity index (χ4n) is 8.59. The highest BCUT2D eigenvalue weighted by Gasteiger charge is 2.40. The molecule has 0 aliphatic heterocycles. The van der Waals surface area contributed by atoms with Crippen LogP contribution in [0.2, 0.25) is 0 Å². The van der Waals surface area contributed by atoms with Gasteiger partial charge in [-0.3, -0.25) is 4.79 Å². The van der Waals surface area contributed by atoms with E-state index < -0.39 is 11.4 Å².